The summed E-state index contributed by atoms with van der Waals surface area (Å²) in [7, 11) is 0. The number of hydrogen-bond acceptors (Lipinski definition) is 3. The van der Waals surface area contributed by atoms with Crippen molar-refractivity contribution in [3.63, 3.8) is 0 Å². The van der Waals surface area contributed by atoms with Gasteiger partial charge in [0.2, 0.25) is 0 Å². The lowest BCUT2D eigenvalue weighted by atomic mass is 10.2. The van der Waals surface area contributed by atoms with Crippen LogP contribution in [0.3, 0.4) is 0 Å². The van der Waals surface area contributed by atoms with Crippen molar-refractivity contribution in [3.05, 3.63) is 70.6 Å². The van der Waals surface area contributed by atoms with Crippen LogP contribution >= 0.6 is 23.4 Å². The standard InChI is InChI=1S/C21H16ClF2N3O2S/c1-3-26-10-12(9-25-26)27-11(2)20(14-7-8-15(22)18(24)19(14)27)30-16-6-4-5-13(17(16)23)21(28)29/h4-10H,3H2,1-2H3,(H,28,29). The van der Waals surface area contributed by atoms with Crippen molar-refractivity contribution in [1.82, 2.24) is 14.3 Å². The topological polar surface area (TPSA) is 60.0 Å². The second-order valence-corrected chi connectivity index (χ2v) is 8.05. The number of aromatic nitrogens is 3. The Labute approximate surface area is 179 Å². The second kappa shape index (κ2) is 7.77. The summed E-state index contributed by atoms with van der Waals surface area (Å²) in [4.78, 5) is 12.0. The van der Waals surface area contributed by atoms with Crippen LogP contribution in [0.2, 0.25) is 5.02 Å². The van der Waals surface area contributed by atoms with E-state index in [1.807, 2.05) is 6.92 Å². The first kappa shape index (κ1) is 20.4. The summed E-state index contributed by atoms with van der Waals surface area (Å²) >= 11 is 7.09. The maximum absolute atomic E-state index is 15.1. The van der Waals surface area contributed by atoms with Gasteiger partial charge in [-0.1, -0.05) is 29.4 Å². The van der Waals surface area contributed by atoms with Gasteiger partial charge in [-0.25, -0.2) is 13.6 Å². The van der Waals surface area contributed by atoms with Crippen molar-refractivity contribution < 1.29 is 18.7 Å². The smallest absolute Gasteiger partial charge is 0.338 e. The Morgan fingerprint density at radius 3 is 2.67 bits per heavy atom. The highest BCUT2D eigenvalue weighted by molar-refractivity contribution is 7.99. The van der Waals surface area contributed by atoms with Gasteiger partial charge < -0.3 is 9.67 Å². The average molecular weight is 448 g/mol. The lowest BCUT2D eigenvalue weighted by molar-refractivity contribution is 0.0691. The molecule has 0 radical (unpaired) electrons. The fraction of sp³-hybridized carbons (Fsp3) is 0.143. The summed E-state index contributed by atoms with van der Waals surface area (Å²) in [5.41, 5.74) is 1.15. The third-order valence-electron chi connectivity index (χ3n) is 4.81. The zero-order valence-corrected chi connectivity index (χ0v) is 17.6. The number of carboxylic acid groups (broad SMARTS) is 1. The largest absolute Gasteiger partial charge is 0.478 e. The lowest BCUT2D eigenvalue weighted by Crippen LogP contribution is -2.01. The van der Waals surface area contributed by atoms with Gasteiger partial charge in [0.15, 0.2) is 11.6 Å². The highest BCUT2D eigenvalue weighted by Gasteiger charge is 2.23. The first-order valence-electron chi connectivity index (χ1n) is 9.05. The fourth-order valence-electron chi connectivity index (χ4n) is 3.36. The molecule has 0 aliphatic carbocycles. The van der Waals surface area contributed by atoms with Gasteiger partial charge in [-0.3, -0.25) is 4.68 Å². The summed E-state index contributed by atoms with van der Waals surface area (Å²) in [6, 6.07) is 7.31. The van der Waals surface area contributed by atoms with E-state index in [2.05, 4.69) is 5.10 Å². The number of hydrogen-bond donors (Lipinski definition) is 1. The molecule has 0 amide bonds. The molecular formula is C21H16ClF2N3O2S. The van der Waals surface area contributed by atoms with Crippen LogP contribution < -0.4 is 0 Å². The fourth-order valence-corrected chi connectivity index (χ4v) is 4.60. The second-order valence-electron chi connectivity index (χ2n) is 6.59. The minimum atomic E-state index is -1.35. The monoisotopic (exact) mass is 447 g/mol. The molecule has 0 fully saturated rings. The van der Waals surface area contributed by atoms with E-state index in [1.165, 1.54) is 24.3 Å². The van der Waals surface area contributed by atoms with Gasteiger partial charge in [-0.15, -0.1) is 0 Å². The van der Waals surface area contributed by atoms with Crippen LogP contribution in [0.5, 0.6) is 0 Å². The van der Waals surface area contributed by atoms with E-state index in [0.29, 0.717) is 28.2 Å². The number of benzene rings is 2. The van der Waals surface area contributed by atoms with Crippen LogP contribution in [0, 0.1) is 18.6 Å². The zero-order chi connectivity index (χ0) is 21.6. The number of carbonyl (C=O) groups is 1. The molecule has 1 N–H and O–H groups in total. The molecule has 4 rings (SSSR count). The Kier molecular flexibility index (Phi) is 5.29. The van der Waals surface area contributed by atoms with E-state index in [0.717, 1.165) is 11.8 Å². The molecule has 0 bridgehead atoms. The van der Waals surface area contributed by atoms with Gasteiger partial charge >= 0.3 is 5.97 Å². The molecule has 0 atom stereocenters. The Hall–Kier alpha value is -2.84. The van der Waals surface area contributed by atoms with E-state index in [1.54, 1.807) is 34.6 Å². The lowest BCUT2D eigenvalue weighted by Gasteiger charge is -2.07. The molecule has 0 aliphatic heterocycles. The maximum Gasteiger partial charge on any atom is 0.338 e. The number of aryl methyl sites for hydroxylation is 1. The Morgan fingerprint density at radius 1 is 1.23 bits per heavy atom. The molecule has 2 heterocycles. The highest BCUT2D eigenvalue weighted by atomic mass is 35.5. The van der Waals surface area contributed by atoms with Crippen LogP contribution in [0.25, 0.3) is 16.6 Å². The van der Waals surface area contributed by atoms with Crippen molar-refractivity contribution >= 4 is 40.2 Å². The highest BCUT2D eigenvalue weighted by Crippen LogP contribution is 2.42. The quantitative estimate of drug-likeness (QED) is 0.411. The van der Waals surface area contributed by atoms with Crippen molar-refractivity contribution in [2.24, 2.45) is 0 Å². The SMILES string of the molecule is CCn1cc(-n2c(C)c(Sc3cccc(C(=O)O)c3F)c3ccc(Cl)c(F)c32)cn1. The van der Waals surface area contributed by atoms with Crippen molar-refractivity contribution in [1.29, 1.82) is 0 Å². The van der Waals surface area contributed by atoms with Crippen molar-refractivity contribution in [2.45, 2.75) is 30.2 Å². The number of rotatable bonds is 5. The predicted octanol–water partition coefficient (Wildman–Crippen LogP) is 5.94. The van der Waals surface area contributed by atoms with Crippen LogP contribution in [0.4, 0.5) is 8.78 Å². The molecule has 0 aliphatic rings. The van der Waals surface area contributed by atoms with Gasteiger partial charge in [-0.2, -0.15) is 5.10 Å². The van der Waals surface area contributed by atoms with Crippen LogP contribution in [0.15, 0.2) is 52.5 Å². The van der Waals surface area contributed by atoms with Crippen molar-refractivity contribution in [3.8, 4) is 5.69 Å². The molecule has 9 heteroatoms. The van der Waals surface area contributed by atoms with Gasteiger partial charge in [0.1, 0.15) is 0 Å². The summed E-state index contributed by atoms with van der Waals surface area (Å²) in [5.74, 6) is -2.77. The minimum absolute atomic E-state index is 0.0280. The molecule has 5 nitrogen and oxygen atoms in total. The van der Waals surface area contributed by atoms with E-state index in [4.69, 9.17) is 11.6 Å². The Balaban J connectivity index is 1.96. The number of fused-ring (bicyclic) bond motifs is 1. The van der Waals surface area contributed by atoms with E-state index >= 15 is 4.39 Å². The molecule has 30 heavy (non-hydrogen) atoms. The average Bonchev–Trinajstić information content (AvgIpc) is 3.29. The van der Waals surface area contributed by atoms with Gasteiger partial charge in [0.25, 0.3) is 0 Å². The van der Waals surface area contributed by atoms with E-state index in [-0.39, 0.29) is 15.4 Å². The van der Waals surface area contributed by atoms with Crippen LogP contribution in [0.1, 0.15) is 23.0 Å². The molecule has 2 aromatic heterocycles. The van der Waals surface area contributed by atoms with Crippen LogP contribution in [-0.4, -0.2) is 25.4 Å². The van der Waals surface area contributed by atoms with Gasteiger partial charge in [0.05, 0.1) is 28.0 Å². The minimum Gasteiger partial charge on any atom is -0.478 e. The van der Waals surface area contributed by atoms with Gasteiger partial charge in [0, 0.05) is 33.6 Å². The zero-order valence-electron chi connectivity index (χ0n) is 16.0. The number of aromatic carboxylic acids is 1. The molecule has 0 saturated carbocycles. The molecule has 4 aromatic rings. The Morgan fingerprint density at radius 2 is 2.00 bits per heavy atom. The molecular weight excluding hydrogens is 432 g/mol. The third-order valence-corrected chi connectivity index (χ3v) is 6.36. The maximum atomic E-state index is 15.1. The first-order valence-corrected chi connectivity index (χ1v) is 10.2. The molecule has 154 valence electrons. The van der Waals surface area contributed by atoms with E-state index in [9.17, 15) is 14.3 Å². The summed E-state index contributed by atoms with van der Waals surface area (Å²) in [6.45, 7) is 4.38. The van der Waals surface area contributed by atoms with Gasteiger partial charge in [-0.05, 0) is 38.1 Å². The molecule has 0 saturated heterocycles. The summed E-state index contributed by atoms with van der Waals surface area (Å²) in [5, 5.41) is 14.0. The molecule has 0 spiro atoms. The predicted molar refractivity (Wildman–Crippen MR) is 112 cm³/mol. The molecule has 0 unspecified atom stereocenters. The molecule has 2 aromatic carbocycles. The normalized spacial score (nSPS) is 11.4. The number of halogens is 3. The summed E-state index contributed by atoms with van der Waals surface area (Å²) in [6.07, 6.45) is 3.41. The van der Waals surface area contributed by atoms with Crippen LogP contribution in [-0.2, 0) is 6.54 Å². The van der Waals surface area contributed by atoms with E-state index < -0.39 is 23.2 Å². The van der Waals surface area contributed by atoms with Crippen molar-refractivity contribution in [2.75, 3.05) is 0 Å². The summed E-state index contributed by atoms with van der Waals surface area (Å²) < 4.78 is 33.2. The Bertz CT molecular complexity index is 1300. The first-order chi connectivity index (χ1) is 14.3. The third kappa shape index (κ3) is 3.26. The number of carboxylic acids is 1. The number of nitrogens with zero attached hydrogens (tertiary/aromatic N) is 3.